The third-order valence-electron chi connectivity index (χ3n) is 4.01. The third kappa shape index (κ3) is 3.89. The molecule has 0 radical (unpaired) electrons. The minimum absolute atomic E-state index is 0.0422. The fraction of sp³-hybridized carbons (Fsp3) is 0.211. The molecule has 2 aromatic carbocycles. The topological polar surface area (TPSA) is 99.9 Å². The number of rotatable bonds is 7. The summed E-state index contributed by atoms with van der Waals surface area (Å²) in [6, 6.07) is 9.51. The zero-order valence-corrected chi connectivity index (χ0v) is 16.7. The lowest BCUT2D eigenvalue weighted by Gasteiger charge is -2.15. The molecule has 9 heteroatoms. The molecule has 0 atom stereocenters. The maximum Gasteiger partial charge on any atom is 0.265 e. The van der Waals surface area contributed by atoms with Crippen LogP contribution in [0.3, 0.4) is 0 Å². The van der Waals surface area contributed by atoms with Gasteiger partial charge in [0.25, 0.3) is 10.0 Å². The smallest absolute Gasteiger partial charge is 0.265 e. The van der Waals surface area contributed by atoms with E-state index in [1.54, 1.807) is 37.3 Å². The summed E-state index contributed by atoms with van der Waals surface area (Å²) in [4.78, 5) is 4.00. The van der Waals surface area contributed by atoms with Crippen LogP contribution in [0, 0.1) is 6.92 Å². The number of anilines is 1. The first-order valence-corrected chi connectivity index (χ1v) is 9.72. The molecule has 0 unspecified atom stereocenters. The second-order valence-electron chi connectivity index (χ2n) is 5.78. The number of benzene rings is 2. The number of hydrogen-bond acceptors (Lipinski definition) is 7. The summed E-state index contributed by atoms with van der Waals surface area (Å²) < 4.78 is 49.8. The Balaban J connectivity index is 2.03. The Bertz CT molecular complexity index is 1090. The molecular formula is C19H20N2O6S. The van der Waals surface area contributed by atoms with Crippen LogP contribution in [0.5, 0.6) is 17.2 Å². The van der Waals surface area contributed by atoms with E-state index >= 15 is 0 Å². The fourth-order valence-electron chi connectivity index (χ4n) is 2.62. The van der Waals surface area contributed by atoms with Gasteiger partial charge in [0.05, 0.1) is 33.2 Å². The highest BCUT2D eigenvalue weighted by atomic mass is 32.2. The second kappa shape index (κ2) is 7.81. The van der Waals surface area contributed by atoms with E-state index in [-0.39, 0.29) is 16.3 Å². The maximum atomic E-state index is 13.1. The number of hydrogen-bond donors (Lipinski definition) is 1. The van der Waals surface area contributed by atoms with Gasteiger partial charge in [-0.1, -0.05) is 0 Å². The van der Waals surface area contributed by atoms with E-state index in [9.17, 15) is 8.42 Å². The Kier molecular flexibility index (Phi) is 5.46. The van der Waals surface area contributed by atoms with Crippen molar-refractivity contribution in [1.29, 1.82) is 0 Å². The van der Waals surface area contributed by atoms with E-state index in [1.165, 1.54) is 33.6 Å². The van der Waals surface area contributed by atoms with Crippen molar-refractivity contribution < 1.29 is 27.0 Å². The average molecular weight is 404 g/mol. The first-order chi connectivity index (χ1) is 13.4. The molecule has 0 aliphatic rings. The molecule has 0 aliphatic carbocycles. The van der Waals surface area contributed by atoms with Gasteiger partial charge >= 0.3 is 0 Å². The van der Waals surface area contributed by atoms with E-state index in [4.69, 9.17) is 18.6 Å². The minimum Gasteiger partial charge on any atom is -0.497 e. The Labute approximate surface area is 163 Å². The molecule has 1 N–H and O–H groups in total. The molecule has 0 fully saturated rings. The van der Waals surface area contributed by atoms with Gasteiger partial charge < -0.3 is 18.6 Å². The summed E-state index contributed by atoms with van der Waals surface area (Å²) in [5.41, 5.74) is 0.828. The maximum absolute atomic E-state index is 13.1. The average Bonchev–Trinajstić information content (AvgIpc) is 3.13. The van der Waals surface area contributed by atoms with Crippen molar-refractivity contribution in [2.45, 2.75) is 11.8 Å². The lowest BCUT2D eigenvalue weighted by Crippen LogP contribution is -2.15. The van der Waals surface area contributed by atoms with Gasteiger partial charge in [0.15, 0.2) is 11.7 Å². The first-order valence-electron chi connectivity index (χ1n) is 8.23. The molecule has 0 bridgehead atoms. The molecule has 3 aromatic rings. The number of nitrogens with one attached hydrogen (secondary N) is 1. The number of methoxy groups -OCH3 is 3. The normalized spacial score (nSPS) is 11.1. The molecule has 3 rings (SSSR count). The number of aromatic nitrogens is 1. The quantitative estimate of drug-likeness (QED) is 0.643. The van der Waals surface area contributed by atoms with Gasteiger partial charge in [0.2, 0.25) is 0 Å². The molecule has 0 spiro atoms. The van der Waals surface area contributed by atoms with Crippen molar-refractivity contribution in [3.05, 3.63) is 48.5 Å². The highest BCUT2D eigenvalue weighted by Gasteiger charge is 2.23. The summed E-state index contributed by atoms with van der Waals surface area (Å²) in [5, 5.41) is 0. The van der Waals surface area contributed by atoms with Crippen LogP contribution in [0.2, 0.25) is 0 Å². The van der Waals surface area contributed by atoms with Crippen molar-refractivity contribution in [3.63, 3.8) is 0 Å². The molecular weight excluding hydrogens is 384 g/mol. The molecule has 1 heterocycles. The number of aryl methyl sites for hydroxylation is 1. The monoisotopic (exact) mass is 404 g/mol. The Hall–Kier alpha value is -3.20. The van der Waals surface area contributed by atoms with Crippen LogP contribution >= 0.6 is 0 Å². The molecule has 0 aliphatic heterocycles. The molecule has 28 heavy (non-hydrogen) atoms. The van der Waals surface area contributed by atoms with Crippen LogP contribution in [-0.2, 0) is 10.0 Å². The van der Waals surface area contributed by atoms with Crippen molar-refractivity contribution in [2.24, 2.45) is 0 Å². The lowest BCUT2D eigenvalue weighted by molar-refractivity contribution is 0.395. The van der Waals surface area contributed by atoms with Gasteiger partial charge in [-0.15, -0.1) is 0 Å². The zero-order chi connectivity index (χ0) is 20.3. The highest BCUT2D eigenvalue weighted by molar-refractivity contribution is 7.92. The van der Waals surface area contributed by atoms with Crippen molar-refractivity contribution >= 4 is 15.7 Å². The molecule has 1 aromatic heterocycles. The van der Waals surface area contributed by atoms with Gasteiger partial charge in [-0.05, 0) is 30.3 Å². The summed E-state index contributed by atoms with van der Waals surface area (Å²) in [6.45, 7) is 1.71. The van der Waals surface area contributed by atoms with Crippen LogP contribution in [-0.4, -0.2) is 34.7 Å². The van der Waals surface area contributed by atoms with Crippen molar-refractivity contribution in [2.75, 3.05) is 26.1 Å². The third-order valence-corrected chi connectivity index (χ3v) is 5.40. The van der Waals surface area contributed by atoms with Crippen molar-refractivity contribution in [3.8, 4) is 28.6 Å². The molecule has 0 saturated heterocycles. The fourth-order valence-corrected chi connectivity index (χ4v) is 3.88. The molecule has 148 valence electrons. The largest absolute Gasteiger partial charge is 0.497 e. The summed E-state index contributed by atoms with van der Waals surface area (Å²) in [6.07, 6.45) is 1.54. The Morgan fingerprint density at radius 2 is 1.71 bits per heavy atom. The van der Waals surface area contributed by atoms with Gasteiger partial charge in [-0.3, -0.25) is 4.72 Å². The van der Waals surface area contributed by atoms with Crippen LogP contribution in [0.1, 0.15) is 5.89 Å². The van der Waals surface area contributed by atoms with Crippen LogP contribution in [0.15, 0.2) is 51.9 Å². The van der Waals surface area contributed by atoms with E-state index in [1.807, 2.05) is 0 Å². The molecule has 8 nitrogen and oxygen atoms in total. The van der Waals surface area contributed by atoms with Crippen LogP contribution in [0.25, 0.3) is 11.3 Å². The van der Waals surface area contributed by atoms with Gasteiger partial charge in [-0.2, -0.15) is 0 Å². The standard InChI is InChI=1S/C19H20N2O6S/c1-12-20-11-18(27-12)13-5-8-16(25-3)19(9-13)28(22,23)21-15-7-6-14(24-2)10-17(15)26-4/h5-11,21H,1-4H3. The molecule has 0 amide bonds. The number of nitrogens with zero attached hydrogens (tertiary/aromatic N) is 1. The van der Waals surface area contributed by atoms with E-state index in [2.05, 4.69) is 9.71 Å². The predicted molar refractivity (Wildman–Crippen MR) is 104 cm³/mol. The highest BCUT2D eigenvalue weighted by Crippen LogP contribution is 2.34. The van der Waals surface area contributed by atoms with Crippen LogP contribution in [0.4, 0.5) is 5.69 Å². The van der Waals surface area contributed by atoms with Gasteiger partial charge in [0.1, 0.15) is 22.1 Å². The minimum atomic E-state index is -3.99. The molecule has 0 saturated carbocycles. The summed E-state index contributed by atoms with van der Waals surface area (Å²) in [5.74, 6) is 2.00. The first kappa shape index (κ1) is 19.6. The van der Waals surface area contributed by atoms with Crippen LogP contribution < -0.4 is 18.9 Å². The zero-order valence-electron chi connectivity index (χ0n) is 15.8. The number of sulfonamides is 1. The summed E-state index contributed by atoms with van der Waals surface area (Å²) >= 11 is 0. The summed E-state index contributed by atoms with van der Waals surface area (Å²) in [7, 11) is 0.372. The lowest BCUT2D eigenvalue weighted by atomic mass is 10.2. The van der Waals surface area contributed by atoms with E-state index in [0.717, 1.165) is 0 Å². The van der Waals surface area contributed by atoms with E-state index in [0.29, 0.717) is 28.7 Å². The predicted octanol–water partition coefficient (Wildman–Crippen LogP) is 3.48. The van der Waals surface area contributed by atoms with E-state index < -0.39 is 10.0 Å². The van der Waals surface area contributed by atoms with Gasteiger partial charge in [-0.25, -0.2) is 13.4 Å². The Morgan fingerprint density at radius 1 is 0.964 bits per heavy atom. The van der Waals surface area contributed by atoms with Gasteiger partial charge in [0, 0.05) is 18.6 Å². The Morgan fingerprint density at radius 3 is 2.32 bits per heavy atom. The SMILES string of the molecule is COc1ccc(NS(=O)(=O)c2cc(-c3cnc(C)o3)ccc2OC)c(OC)c1. The number of oxazole rings is 1. The second-order valence-corrected chi connectivity index (χ2v) is 7.43. The van der Waals surface area contributed by atoms with Crippen molar-refractivity contribution in [1.82, 2.24) is 4.98 Å². The number of ether oxygens (including phenoxy) is 3.